The maximum absolute atomic E-state index is 12.4. The van der Waals surface area contributed by atoms with E-state index in [1.54, 1.807) is 12.1 Å². The zero-order valence-electron chi connectivity index (χ0n) is 27.7. The van der Waals surface area contributed by atoms with Gasteiger partial charge >= 0.3 is 5.97 Å². The molecule has 3 heterocycles. The second-order valence-corrected chi connectivity index (χ2v) is 16.4. The molecule has 3 aromatic rings. The van der Waals surface area contributed by atoms with Crippen LogP contribution in [0.3, 0.4) is 0 Å². The van der Waals surface area contributed by atoms with Gasteiger partial charge in [0.15, 0.2) is 9.84 Å². The minimum absolute atomic E-state index is 0.309. The zero-order valence-corrected chi connectivity index (χ0v) is 28.6. The highest BCUT2D eigenvalue weighted by molar-refractivity contribution is 7.90. The number of nitrogens with zero attached hydrogens (tertiary/aromatic N) is 4. The quantitative estimate of drug-likeness (QED) is 0.310. The summed E-state index contributed by atoms with van der Waals surface area (Å²) in [6.45, 7) is 15.6. The molecule has 3 atom stereocenters. The number of likely N-dealkylation sites (tertiary alicyclic amines) is 2. The lowest BCUT2D eigenvalue weighted by Gasteiger charge is -2.36. The predicted octanol–water partition coefficient (Wildman–Crippen LogP) is 5.60. The summed E-state index contributed by atoms with van der Waals surface area (Å²) in [5.41, 5.74) is 5.73. The number of carbonyl (C=O) groups is 1. The number of carboxylic acids is 1. The topological polar surface area (TPSA) is 95.7 Å². The van der Waals surface area contributed by atoms with Gasteiger partial charge in [0.2, 0.25) is 0 Å². The Balaban J connectivity index is 1.26. The number of sulfone groups is 1. The number of hydrogen-bond acceptors (Lipinski definition) is 6. The number of carboxylic acid groups (broad SMARTS) is 1. The second kappa shape index (κ2) is 13.4. The lowest BCUT2D eigenvalue weighted by molar-refractivity contribution is -0.147. The standard InChI is InChI=1S/C36H50N4O4S/c1-7-33-32(24-40(37-33)20-26-11-13-30(14-12-26)45(6,43)44)27-15-17-38(18-16-27)21-29-22-39(34(35(41)42)36(3,4)5)23-31(29)28-10-8-9-25(2)19-28/h8-14,19,24,27,29,31,34H,7,15-18,20-23H2,1-6H3,(H,41,42)/t29-,31+,34-/m0/s1. The number of aliphatic carboxylic acids is 1. The Kier molecular flexibility index (Phi) is 9.92. The van der Waals surface area contributed by atoms with Crippen LogP contribution < -0.4 is 0 Å². The Bertz CT molecular complexity index is 1580. The first-order chi connectivity index (χ1) is 21.2. The van der Waals surface area contributed by atoms with Gasteiger partial charge in [-0.2, -0.15) is 5.10 Å². The summed E-state index contributed by atoms with van der Waals surface area (Å²) in [5, 5.41) is 15.1. The van der Waals surface area contributed by atoms with Crippen molar-refractivity contribution in [3.63, 3.8) is 0 Å². The van der Waals surface area contributed by atoms with Crippen LogP contribution in [-0.4, -0.2) is 84.1 Å². The fraction of sp³-hybridized carbons (Fsp3) is 0.556. The van der Waals surface area contributed by atoms with E-state index in [1.165, 1.54) is 22.9 Å². The number of aryl methyl sites for hydroxylation is 2. The van der Waals surface area contributed by atoms with Gasteiger partial charge in [-0.25, -0.2) is 8.42 Å². The monoisotopic (exact) mass is 634 g/mol. The van der Waals surface area contributed by atoms with E-state index in [9.17, 15) is 18.3 Å². The van der Waals surface area contributed by atoms with Crippen molar-refractivity contribution >= 4 is 15.8 Å². The van der Waals surface area contributed by atoms with Crippen LogP contribution in [0.25, 0.3) is 0 Å². The van der Waals surface area contributed by atoms with Crippen LogP contribution in [0.4, 0.5) is 0 Å². The van der Waals surface area contributed by atoms with Crippen molar-refractivity contribution in [2.75, 3.05) is 39.0 Å². The van der Waals surface area contributed by atoms with Crippen molar-refractivity contribution in [2.45, 2.75) is 83.2 Å². The van der Waals surface area contributed by atoms with Gasteiger partial charge in [-0.3, -0.25) is 14.4 Å². The maximum atomic E-state index is 12.4. The molecule has 1 N–H and O–H groups in total. The molecule has 1 aromatic heterocycles. The molecule has 45 heavy (non-hydrogen) atoms. The van der Waals surface area contributed by atoms with E-state index >= 15 is 0 Å². The van der Waals surface area contributed by atoms with Crippen molar-refractivity contribution in [3.8, 4) is 0 Å². The molecule has 2 aliphatic heterocycles. The molecule has 0 aliphatic carbocycles. The molecule has 244 valence electrons. The number of rotatable bonds is 10. The molecule has 0 unspecified atom stereocenters. The summed E-state index contributed by atoms with van der Waals surface area (Å²) in [6.07, 6.45) is 6.46. The van der Waals surface area contributed by atoms with Crippen LogP contribution >= 0.6 is 0 Å². The van der Waals surface area contributed by atoms with Gasteiger partial charge in [0.05, 0.1) is 17.1 Å². The molecule has 5 rings (SSSR count). The molecule has 0 bridgehead atoms. The molecule has 0 saturated carbocycles. The van der Waals surface area contributed by atoms with Crippen molar-refractivity contribution < 1.29 is 18.3 Å². The first kappa shape index (κ1) is 33.4. The lowest BCUT2D eigenvalue weighted by Crippen LogP contribution is -2.48. The third kappa shape index (κ3) is 7.87. The average Bonchev–Trinajstić information content (AvgIpc) is 3.56. The SMILES string of the molecule is CCc1nn(Cc2ccc(S(C)(=O)=O)cc2)cc1C1CCN(C[C@H]2CN([C@@H](C(=O)O)C(C)(C)C)C[C@@H]2c2cccc(C)c2)CC1. The smallest absolute Gasteiger partial charge is 0.321 e. The van der Waals surface area contributed by atoms with Crippen molar-refractivity contribution in [2.24, 2.45) is 11.3 Å². The van der Waals surface area contributed by atoms with Crippen LogP contribution in [0.5, 0.6) is 0 Å². The van der Waals surface area contributed by atoms with Gasteiger partial charge in [0, 0.05) is 38.0 Å². The van der Waals surface area contributed by atoms with Gasteiger partial charge in [-0.15, -0.1) is 0 Å². The zero-order chi connectivity index (χ0) is 32.5. The van der Waals surface area contributed by atoms with Crippen LogP contribution in [-0.2, 0) is 27.6 Å². The molecular weight excluding hydrogens is 584 g/mol. The van der Waals surface area contributed by atoms with E-state index in [4.69, 9.17) is 5.10 Å². The fourth-order valence-electron chi connectivity index (χ4n) is 7.61. The Labute approximate surface area is 269 Å². The van der Waals surface area contributed by atoms with Crippen molar-refractivity contribution in [3.05, 3.63) is 82.7 Å². The normalized spacial score (nSPS) is 21.3. The first-order valence-electron chi connectivity index (χ1n) is 16.3. The number of benzene rings is 2. The highest BCUT2D eigenvalue weighted by Crippen LogP contribution is 2.39. The Morgan fingerprint density at radius 3 is 2.33 bits per heavy atom. The maximum Gasteiger partial charge on any atom is 0.321 e. The first-order valence-corrected chi connectivity index (χ1v) is 18.2. The van der Waals surface area contributed by atoms with Crippen molar-refractivity contribution in [1.82, 2.24) is 19.6 Å². The summed E-state index contributed by atoms with van der Waals surface area (Å²) >= 11 is 0. The minimum atomic E-state index is -3.21. The van der Waals surface area contributed by atoms with E-state index in [0.717, 1.165) is 63.2 Å². The molecule has 9 heteroatoms. The van der Waals surface area contributed by atoms with Crippen LogP contribution in [0.1, 0.15) is 80.3 Å². The van der Waals surface area contributed by atoms with Gasteiger partial charge in [0.1, 0.15) is 6.04 Å². The van der Waals surface area contributed by atoms with Crippen LogP contribution in [0.2, 0.25) is 0 Å². The largest absolute Gasteiger partial charge is 0.480 e. The Hall–Kier alpha value is -3.01. The van der Waals surface area contributed by atoms with Crippen molar-refractivity contribution in [1.29, 1.82) is 0 Å². The fourth-order valence-corrected chi connectivity index (χ4v) is 8.24. The second-order valence-electron chi connectivity index (χ2n) is 14.4. The predicted molar refractivity (Wildman–Crippen MR) is 179 cm³/mol. The molecule has 2 aromatic carbocycles. The van der Waals surface area contributed by atoms with Gasteiger partial charge in [-0.1, -0.05) is 69.7 Å². The van der Waals surface area contributed by atoms with Gasteiger partial charge in [0.25, 0.3) is 0 Å². The molecule has 0 radical (unpaired) electrons. The molecule has 0 amide bonds. The third-order valence-corrected chi connectivity index (χ3v) is 10.9. The summed E-state index contributed by atoms with van der Waals surface area (Å²) < 4.78 is 25.7. The van der Waals surface area contributed by atoms with E-state index in [1.807, 2.05) is 37.6 Å². The van der Waals surface area contributed by atoms with Gasteiger partial charge in [-0.05, 0) is 85.3 Å². The summed E-state index contributed by atoms with van der Waals surface area (Å²) in [4.78, 5) is 17.6. The van der Waals surface area contributed by atoms with E-state index < -0.39 is 21.8 Å². The summed E-state index contributed by atoms with van der Waals surface area (Å²) in [7, 11) is -3.21. The number of hydrogen-bond donors (Lipinski definition) is 1. The van der Waals surface area contributed by atoms with E-state index in [-0.39, 0.29) is 5.41 Å². The van der Waals surface area contributed by atoms with Crippen LogP contribution in [0.15, 0.2) is 59.6 Å². The summed E-state index contributed by atoms with van der Waals surface area (Å²) in [6, 6.07) is 15.3. The minimum Gasteiger partial charge on any atom is -0.480 e. The molecule has 0 spiro atoms. The molecule has 2 fully saturated rings. The van der Waals surface area contributed by atoms with E-state index in [2.05, 4.69) is 54.1 Å². The Morgan fingerprint density at radius 2 is 1.76 bits per heavy atom. The molecular formula is C36H50N4O4S. The van der Waals surface area contributed by atoms with Crippen LogP contribution in [0, 0.1) is 18.3 Å². The highest BCUT2D eigenvalue weighted by Gasteiger charge is 2.44. The van der Waals surface area contributed by atoms with E-state index in [0.29, 0.717) is 29.2 Å². The van der Waals surface area contributed by atoms with Gasteiger partial charge < -0.3 is 10.0 Å². The number of aromatic nitrogens is 2. The molecule has 2 saturated heterocycles. The summed E-state index contributed by atoms with van der Waals surface area (Å²) in [5.74, 6) is 0.409. The molecule has 2 aliphatic rings. The lowest BCUT2D eigenvalue weighted by atomic mass is 9.85. The average molecular weight is 635 g/mol. The highest BCUT2D eigenvalue weighted by atomic mass is 32.2. The molecule has 8 nitrogen and oxygen atoms in total. The number of piperidine rings is 1. The Morgan fingerprint density at radius 1 is 1.07 bits per heavy atom. The third-order valence-electron chi connectivity index (χ3n) is 9.78.